The summed E-state index contributed by atoms with van der Waals surface area (Å²) in [5.74, 6) is -0.100. The first-order valence-electron chi connectivity index (χ1n) is 12.2. The Morgan fingerprint density at radius 2 is 1.61 bits per heavy atom. The monoisotopic (exact) mass is 480 g/mol. The summed E-state index contributed by atoms with van der Waals surface area (Å²) in [5.41, 5.74) is 4.66. The zero-order valence-electron chi connectivity index (χ0n) is 20.1. The normalized spacial score (nSPS) is 19.4. The minimum absolute atomic E-state index is 0.0460. The number of benzene rings is 2. The molecule has 5 rings (SSSR count). The van der Waals surface area contributed by atoms with Crippen molar-refractivity contribution in [3.05, 3.63) is 119 Å². The third-order valence-corrected chi connectivity index (χ3v) is 6.69. The van der Waals surface area contributed by atoms with Crippen molar-refractivity contribution >= 4 is 11.8 Å². The van der Waals surface area contributed by atoms with E-state index in [1.165, 1.54) is 0 Å². The fraction of sp³-hybridized carbons (Fsp3) is 0.233. The molecule has 0 radical (unpaired) electrons. The molecule has 0 unspecified atom stereocenters. The summed E-state index contributed by atoms with van der Waals surface area (Å²) in [5, 5.41) is 3.39. The number of dihydropyridines is 1. The van der Waals surface area contributed by atoms with Crippen LogP contribution in [-0.2, 0) is 14.3 Å². The lowest BCUT2D eigenvalue weighted by Crippen LogP contribution is -2.36. The number of Topliss-reactive ketones (excluding diaryl/α,β-unsaturated/α-hetero) is 1. The standard InChI is InChI=1S/C30H28N2O4/c1-20-27(30(34)36-17-16-35-24-10-6-3-7-11-24)28(22-12-14-31-15-13-22)29-25(32-20)18-23(19-26(29)33)21-8-4-2-5-9-21/h2-15,23,28,32H,16-19H2,1H3/t23-,28-/m0/s1. The lowest BCUT2D eigenvalue weighted by Gasteiger charge is -2.36. The van der Waals surface area contributed by atoms with Crippen LogP contribution in [0.25, 0.3) is 0 Å². The van der Waals surface area contributed by atoms with Gasteiger partial charge in [0.1, 0.15) is 19.0 Å². The Kier molecular flexibility index (Phi) is 6.94. The third-order valence-electron chi connectivity index (χ3n) is 6.69. The topological polar surface area (TPSA) is 77.5 Å². The van der Waals surface area contributed by atoms with Gasteiger partial charge in [0, 0.05) is 41.7 Å². The molecular weight excluding hydrogens is 452 g/mol. The lowest BCUT2D eigenvalue weighted by atomic mass is 9.72. The molecular formula is C30H28N2O4. The molecule has 0 fully saturated rings. The molecule has 2 aliphatic rings. The Bertz CT molecular complexity index is 1300. The number of ketones is 1. The van der Waals surface area contributed by atoms with Crippen LogP contribution in [0.1, 0.15) is 42.7 Å². The Balaban J connectivity index is 1.39. The van der Waals surface area contributed by atoms with E-state index in [1.54, 1.807) is 12.4 Å². The van der Waals surface area contributed by atoms with E-state index in [0.29, 0.717) is 35.4 Å². The molecule has 6 nitrogen and oxygen atoms in total. The van der Waals surface area contributed by atoms with Gasteiger partial charge in [-0.05, 0) is 54.7 Å². The number of para-hydroxylation sites is 1. The number of ether oxygens (including phenoxy) is 2. The van der Waals surface area contributed by atoms with Gasteiger partial charge in [-0.15, -0.1) is 0 Å². The van der Waals surface area contributed by atoms with Crippen LogP contribution in [0, 0.1) is 0 Å². The molecule has 1 aliphatic heterocycles. The van der Waals surface area contributed by atoms with Gasteiger partial charge in [0.2, 0.25) is 0 Å². The molecule has 2 heterocycles. The highest BCUT2D eigenvalue weighted by Crippen LogP contribution is 2.45. The summed E-state index contributed by atoms with van der Waals surface area (Å²) in [4.78, 5) is 31.1. The summed E-state index contributed by atoms with van der Waals surface area (Å²) in [7, 11) is 0. The molecule has 182 valence electrons. The summed E-state index contributed by atoms with van der Waals surface area (Å²) in [6, 6.07) is 23.2. The Morgan fingerprint density at radius 3 is 2.33 bits per heavy atom. The summed E-state index contributed by atoms with van der Waals surface area (Å²) in [6.45, 7) is 2.20. The van der Waals surface area contributed by atoms with Gasteiger partial charge in [0.15, 0.2) is 5.78 Å². The van der Waals surface area contributed by atoms with Gasteiger partial charge < -0.3 is 14.8 Å². The minimum Gasteiger partial charge on any atom is -0.490 e. The number of nitrogens with zero attached hydrogens (tertiary/aromatic N) is 1. The fourth-order valence-corrected chi connectivity index (χ4v) is 5.05. The predicted molar refractivity (Wildman–Crippen MR) is 136 cm³/mol. The molecule has 0 amide bonds. The van der Waals surface area contributed by atoms with Crippen molar-refractivity contribution in [3.63, 3.8) is 0 Å². The number of hydrogen-bond acceptors (Lipinski definition) is 6. The number of rotatable bonds is 7. The molecule has 0 saturated carbocycles. The van der Waals surface area contributed by atoms with Crippen LogP contribution in [0.4, 0.5) is 0 Å². The third kappa shape index (κ3) is 4.93. The van der Waals surface area contributed by atoms with Gasteiger partial charge in [-0.25, -0.2) is 4.79 Å². The van der Waals surface area contributed by atoms with Crippen LogP contribution in [0.2, 0.25) is 0 Å². The summed E-state index contributed by atoms with van der Waals surface area (Å²) < 4.78 is 11.3. The second-order valence-electron chi connectivity index (χ2n) is 9.01. The largest absolute Gasteiger partial charge is 0.490 e. The van der Waals surface area contributed by atoms with Crippen molar-refractivity contribution in [3.8, 4) is 5.75 Å². The van der Waals surface area contributed by atoms with Gasteiger partial charge in [0.05, 0.1) is 5.57 Å². The molecule has 1 aromatic heterocycles. The van der Waals surface area contributed by atoms with Crippen LogP contribution in [0.15, 0.2) is 108 Å². The van der Waals surface area contributed by atoms with E-state index in [4.69, 9.17) is 9.47 Å². The molecule has 1 N–H and O–H groups in total. The lowest BCUT2D eigenvalue weighted by molar-refractivity contribution is -0.140. The number of esters is 1. The highest BCUT2D eigenvalue weighted by atomic mass is 16.6. The van der Waals surface area contributed by atoms with E-state index in [-0.39, 0.29) is 24.9 Å². The fourth-order valence-electron chi connectivity index (χ4n) is 5.05. The molecule has 2 aromatic carbocycles. The molecule has 1 aliphatic carbocycles. The van der Waals surface area contributed by atoms with Crippen LogP contribution < -0.4 is 10.1 Å². The molecule has 0 saturated heterocycles. The smallest absolute Gasteiger partial charge is 0.336 e. The van der Waals surface area contributed by atoms with Crippen molar-refractivity contribution in [1.82, 2.24) is 10.3 Å². The van der Waals surface area contributed by atoms with E-state index in [1.807, 2.05) is 67.6 Å². The highest BCUT2D eigenvalue weighted by molar-refractivity contribution is 6.04. The number of allylic oxidation sites excluding steroid dienone is 3. The quantitative estimate of drug-likeness (QED) is 0.376. The van der Waals surface area contributed by atoms with Crippen molar-refractivity contribution in [2.24, 2.45) is 0 Å². The van der Waals surface area contributed by atoms with E-state index >= 15 is 0 Å². The summed E-state index contributed by atoms with van der Waals surface area (Å²) >= 11 is 0. The van der Waals surface area contributed by atoms with Crippen LogP contribution in [0.3, 0.4) is 0 Å². The molecule has 0 spiro atoms. The first kappa shape index (κ1) is 23.5. The van der Waals surface area contributed by atoms with Gasteiger partial charge in [-0.3, -0.25) is 9.78 Å². The minimum atomic E-state index is -0.504. The van der Waals surface area contributed by atoms with Gasteiger partial charge in [0.25, 0.3) is 0 Å². The van der Waals surface area contributed by atoms with Gasteiger partial charge in [-0.1, -0.05) is 48.5 Å². The van der Waals surface area contributed by atoms with Crippen molar-refractivity contribution in [1.29, 1.82) is 0 Å². The number of carbonyl (C=O) groups is 2. The van der Waals surface area contributed by atoms with E-state index in [9.17, 15) is 9.59 Å². The second kappa shape index (κ2) is 10.6. The van der Waals surface area contributed by atoms with Crippen LogP contribution >= 0.6 is 0 Å². The highest BCUT2D eigenvalue weighted by Gasteiger charge is 2.41. The number of nitrogens with one attached hydrogen (secondary N) is 1. The first-order valence-corrected chi connectivity index (χ1v) is 12.2. The van der Waals surface area contributed by atoms with E-state index in [0.717, 1.165) is 16.8 Å². The number of hydrogen-bond donors (Lipinski definition) is 1. The maximum Gasteiger partial charge on any atom is 0.336 e. The molecule has 6 heteroatoms. The van der Waals surface area contributed by atoms with Crippen molar-refractivity contribution < 1.29 is 19.1 Å². The maximum atomic E-state index is 13.6. The van der Waals surface area contributed by atoms with Crippen LogP contribution in [0.5, 0.6) is 5.75 Å². The molecule has 3 aromatic rings. The van der Waals surface area contributed by atoms with Crippen LogP contribution in [-0.4, -0.2) is 30.0 Å². The van der Waals surface area contributed by atoms with E-state index in [2.05, 4.69) is 22.4 Å². The van der Waals surface area contributed by atoms with E-state index < -0.39 is 11.9 Å². The second-order valence-corrected chi connectivity index (χ2v) is 9.01. The molecule has 2 atom stereocenters. The number of pyridine rings is 1. The zero-order valence-corrected chi connectivity index (χ0v) is 20.1. The van der Waals surface area contributed by atoms with Gasteiger partial charge >= 0.3 is 5.97 Å². The predicted octanol–water partition coefficient (Wildman–Crippen LogP) is 5.07. The van der Waals surface area contributed by atoms with Crippen molar-refractivity contribution in [2.75, 3.05) is 13.2 Å². The Labute approximate surface area is 210 Å². The Hall–Kier alpha value is -4.19. The number of aromatic nitrogens is 1. The average molecular weight is 481 g/mol. The SMILES string of the molecule is CC1=C(C(=O)OCCOc2ccccc2)[C@H](c2ccncc2)C2=C(C[C@H](c3ccccc3)CC2=O)N1. The Morgan fingerprint density at radius 1 is 0.917 bits per heavy atom. The van der Waals surface area contributed by atoms with Gasteiger partial charge in [-0.2, -0.15) is 0 Å². The molecule has 36 heavy (non-hydrogen) atoms. The van der Waals surface area contributed by atoms with Crippen molar-refractivity contribution in [2.45, 2.75) is 31.6 Å². The first-order chi connectivity index (χ1) is 17.6. The average Bonchev–Trinajstić information content (AvgIpc) is 2.91. The zero-order chi connectivity index (χ0) is 24.9. The number of carbonyl (C=O) groups excluding carboxylic acids is 2. The maximum absolute atomic E-state index is 13.6. The summed E-state index contributed by atoms with van der Waals surface area (Å²) in [6.07, 6.45) is 4.48. The molecule has 0 bridgehead atoms.